The minimum atomic E-state index is -0.167. The molecule has 2 heteroatoms. The Labute approximate surface area is 181 Å². The van der Waals surface area contributed by atoms with Crippen molar-refractivity contribution >= 4 is 0 Å². The third kappa shape index (κ3) is 4.28. The molecule has 0 bridgehead atoms. The van der Waals surface area contributed by atoms with Gasteiger partial charge < -0.3 is 10.4 Å². The molecule has 1 aliphatic rings. The van der Waals surface area contributed by atoms with Gasteiger partial charge >= 0.3 is 0 Å². The third-order valence-corrected chi connectivity index (χ3v) is 5.77. The maximum atomic E-state index is 9.78. The van der Waals surface area contributed by atoms with E-state index in [1.54, 1.807) is 13.0 Å². The van der Waals surface area contributed by atoms with Crippen LogP contribution in [0.25, 0.3) is 11.1 Å². The maximum Gasteiger partial charge on any atom is 0.0895 e. The summed E-state index contributed by atoms with van der Waals surface area (Å²) in [5.41, 5.74) is 7.16. The highest BCUT2D eigenvalue weighted by Gasteiger charge is 2.39. The molecule has 0 saturated heterocycles. The molecule has 0 fully saturated rings. The van der Waals surface area contributed by atoms with Gasteiger partial charge in [-0.3, -0.25) is 0 Å². The fraction of sp³-hybridized carbons (Fsp3) is 0.286. The monoisotopic (exact) mass is 399 g/mol. The minimum Gasteiger partial charge on any atom is -0.513 e. The van der Waals surface area contributed by atoms with Crippen molar-refractivity contribution in [2.75, 3.05) is 0 Å². The number of hydrogen-bond acceptors (Lipinski definition) is 2. The van der Waals surface area contributed by atoms with Gasteiger partial charge in [-0.25, -0.2) is 0 Å². The van der Waals surface area contributed by atoms with E-state index in [9.17, 15) is 5.11 Å². The second kappa shape index (κ2) is 9.21. The van der Waals surface area contributed by atoms with Crippen molar-refractivity contribution in [1.29, 1.82) is 0 Å². The molecule has 1 aliphatic carbocycles. The van der Waals surface area contributed by atoms with E-state index in [2.05, 4.69) is 92.8 Å². The number of allylic oxidation sites excluding steroid dienone is 6. The summed E-state index contributed by atoms with van der Waals surface area (Å²) in [6, 6.07) is 17.5. The lowest BCUT2D eigenvalue weighted by molar-refractivity contribution is 0.414. The van der Waals surface area contributed by atoms with Crippen LogP contribution in [0.15, 0.2) is 96.1 Å². The Morgan fingerprint density at radius 2 is 1.57 bits per heavy atom. The van der Waals surface area contributed by atoms with Crippen LogP contribution in [0.1, 0.15) is 52.2 Å². The van der Waals surface area contributed by atoms with E-state index < -0.39 is 0 Å². The van der Waals surface area contributed by atoms with Gasteiger partial charge in [-0.05, 0) is 72.4 Å². The van der Waals surface area contributed by atoms with E-state index in [4.69, 9.17) is 0 Å². The van der Waals surface area contributed by atoms with Crippen molar-refractivity contribution in [2.24, 2.45) is 5.92 Å². The first-order valence-electron chi connectivity index (χ1n) is 10.8. The zero-order chi connectivity index (χ0) is 21.7. The minimum absolute atomic E-state index is 0.167. The molecule has 2 aromatic rings. The van der Waals surface area contributed by atoms with E-state index in [1.807, 2.05) is 13.1 Å². The Hall–Kier alpha value is -3.00. The summed E-state index contributed by atoms with van der Waals surface area (Å²) in [4.78, 5) is 0. The second-order valence-corrected chi connectivity index (χ2v) is 8.38. The van der Waals surface area contributed by atoms with Crippen LogP contribution in [0.4, 0.5) is 0 Å². The van der Waals surface area contributed by atoms with Gasteiger partial charge in [0.1, 0.15) is 0 Å². The van der Waals surface area contributed by atoms with Crippen LogP contribution in [0, 0.1) is 5.92 Å². The van der Waals surface area contributed by atoms with Crippen LogP contribution >= 0.6 is 0 Å². The molecule has 156 valence electrons. The molecule has 2 nitrogen and oxygen atoms in total. The van der Waals surface area contributed by atoms with Gasteiger partial charge in [0.25, 0.3) is 0 Å². The summed E-state index contributed by atoms with van der Waals surface area (Å²) in [5, 5.41) is 13.2. The largest absolute Gasteiger partial charge is 0.513 e. The first-order valence-corrected chi connectivity index (χ1v) is 10.8. The lowest BCUT2D eigenvalue weighted by atomic mass is 9.75. The van der Waals surface area contributed by atoms with E-state index in [0.717, 1.165) is 17.7 Å². The number of benzene rings is 2. The molecule has 3 rings (SSSR count). The van der Waals surface area contributed by atoms with Crippen molar-refractivity contribution in [3.8, 4) is 11.1 Å². The normalized spacial score (nSPS) is 16.1. The lowest BCUT2D eigenvalue weighted by Crippen LogP contribution is -2.21. The summed E-state index contributed by atoms with van der Waals surface area (Å²) in [6.07, 6.45) is 11.4. The number of aliphatic hydroxyl groups is 1. The second-order valence-electron chi connectivity index (χ2n) is 8.38. The zero-order valence-electron chi connectivity index (χ0n) is 18.7. The van der Waals surface area contributed by atoms with Crippen molar-refractivity contribution in [2.45, 2.75) is 46.5 Å². The highest BCUT2D eigenvalue weighted by molar-refractivity contribution is 5.82. The van der Waals surface area contributed by atoms with Gasteiger partial charge in [0.15, 0.2) is 0 Å². The Morgan fingerprint density at radius 3 is 2.07 bits per heavy atom. The maximum absolute atomic E-state index is 9.78. The van der Waals surface area contributed by atoms with Gasteiger partial charge in [0.05, 0.1) is 5.76 Å². The molecule has 0 heterocycles. The molecule has 0 saturated carbocycles. The first kappa shape index (κ1) is 21.7. The van der Waals surface area contributed by atoms with Gasteiger partial charge in [0, 0.05) is 11.1 Å². The van der Waals surface area contributed by atoms with E-state index in [-0.39, 0.29) is 5.41 Å². The van der Waals surface area contributed by atoms with E-state index in [1.165, 1.54) is 22.3 Å². The smallest absolute Gasteiger partial charge is 0.0895 e. The third-order valence-electron chi connectivity index (χ3n) is 5.77. The standard InChI is InChI=1S/C28H33NO/c1-6-28(17-15-27(21(4)19-22(5)30)29-18-16-20(2)3)25-13-9-7-11-23(25)24-12-8-10-14-26(24)28/h7-20,29-30H,6H2,1-5H3/b17-15+,18-16+,22-19+,27-21+. The van der Waals surface area contributed by atoms with Crippen molar-refractivity contribution in [1.82, 2.24) is 5.32 Å². The predicted molar refractivity (Wildman–Crippen MR) is 128 cm³/mol. The lowest BCUT2D eigenvalue weighted by Gasteiger charge is -2.27. The van der Waals surface area contributed by atoms with Crippen LogP contribution in [0.5, 0.6) is 0 Å². The molecule has 0 amide bonds. The van der Waals surface area contributed by atoms with Crippen molar-refractivity contribution in [3.63, 3.8) is 0 Å². The van der Waals surface area contributed by atoms with Gasteiger partial charge in [0.2, 0.25) is 0 Å². The van der Waals surface area contributed by atoms with Gasteiger partial charge in [-0.15, -0.1) is 0 Å². The van der Waals surface area contributed by atoms with E-state index in [0.29, 0.717) is 11.7 Å². The number of nitrogens with one attached hydrogen (secondary N) is 1. The number of fused-ring (bicyclic) bond motifs is 3. The highest BCUT2D eigenvalue weighted by Crippen LogP contribution is 2.51. The molecule has 0 unspecified atom stereocenters. The summed E-state index contributed by atoms with van der Waals surface area (Å²) in [5.74, 6) is 0.767. The van der Waals surface area contributed by atoms with Gasteiger partial charge in [-0.1, -0.05) is 81.5 Å². The quantitative estimate of drug-likeness (QED) is 0.375. The Morgan fingerprint density at radius 1 is 1.00 bits per heavy atom. The molecule has 2 N–H and O–H groups in total. The van der Waals surface area contributed by atoms with Crippen LogP contribution in [0.3, 0.4) is 0 Å². The highest BCUT2D eigenvalue weighted by atomic mass is 16.3. The van der Waals surface area contributed by atoms with Crippen LogP contribution in [0.2, 0.25) is 0 Å². The number of aliphatic hydroxyl groups excluding tert-OH is 1. The average Bonchev–Trinajstić information content (AvgIpc) is 3.00. The fourth-order valence-electron chi connectivity index (χ4n) is 4.28. The van der Waals surface area contributed by atoms with Crippen molar-refractivity contribution < 1.29 is 5.11 Å². The molecular formula is C28H33NO. The van der Waals surface area contributed by atoms with Crippen LogP contribution in [-0.2, 0) is 5.41 Å². The van der Waals surface area contributed by atoms with Gasteiger partial charge in [-0.2, -0.15) is 0 Å². The molecule has 2 aromatic carbocycles. The Bertz CT molecular complexity index is 971. The molecule has 0 aliphatic heterocycles. The molecule has 0 spiro atoms. The molecule has 0 aromatic heterocycles. The molecule has 30 heavy (non-hydrogen) atoms. The molecular weight excluding hydrogens is 366 g/mol. The predicted octanol–water partition coefficient (Wildman–Crippen LogP) is 7.41. The molecule has 0 radical (unpaired) electrons. The topological polar surface area (TPSA) is 32.3 Å². The van der Waals surface area contributed by atoms with E-state index >= 15 is 0 Å². The number of rotatable bonds is 7. The van der Waals surface area contributed by atoms with Crippen molar-refractivity contribution in [3.05, 3.63) is 107 Å². The van der Waals surface area contributed by atoms with Crippen LogP contribution in [-0.4, -0.2) is 5.11 Å². The summed E-state index contributed by atoms with van der Waals surface area (Å²) in [6.45, 7) is 10.3. The average molecular weight is 400 g/mol. The van der Waals surface area contributed by atoms with Crippen LogP contribution < -0.4 is 5.32 Å². The first-order chi connectivity index (χ1) is 14.4. The fourth-order valence-corrected chi connectivity index (χ4v) is 4.28. The summed E-state index contributed by atoms with van der Waals surface area (Å²) < 4.78 is 0. The Balaban J connectivity index is 2.11. The summed E-state index contributed by atoms with van der Waals surface area (Å²) >= 11 is 0. The zero-order valence-corrected chi connectivity index (χ0v) is 18.7. The SMILES string of the molecule is CCC1(/C=C/C(N/C=C/C(C)C)=C(C)\C=C(/C)O)c2ccccc2-c2ccccc21. The molecule has 0 atom stereocenters. The number of hydrogen-bond donors (Lipinski definition) is 2. The Kier molecular flexibility index (Phi) is 6.66. The summed E-state index contributed by atoms with van der Waals surface area (Å²) in [7, 11) is 0.